The van der Waals surface area contributed by atoms with Gasteiger partial charge in [-0.25, -0.2) is 4.98 Å². The summed E-state index contributed by atoms with van der Waals surface area (Å²) in [4.78, 5) is 30.4. The first-order chi connectivity index (χ1) is 11.5. The number of rotatable bonds is 3. The van der Waals surface area contributed by atoms with E-state index in [9.17, 15) is 9.59 Å². The van der Waals surface area contributed by atoms with Gasteiger partial charge in [-0.3, -0.25) is 9.59 Å². The maximum Gasteiger partial charge on any atom is 0.257 e. The summed E-state index contributed by atoms with van der Waals surface area (Å²) in [5.41, 5.74) is 2.08. The van der Waals surface area contributed by atoms with Crippen molar-refractivity contribution in [1.29, 1.82) is 0 Å². The Balaban J connectivity index is 1.56. The maximum absolute atomic E-state index is 12.4. The zero-order valence-corrected chi connectivity index (χ0v) is 14.0. The lowest BCUT2D eigenvalue weighted by Crippen LogP contribution is -2.41. The van der Waals surface area contributed by atoms with Crippen LogP contribution >= 0.6 is 11.6 Å². The number of nitrogens with one attached hydrogen (secondary N) is 1. The third-order valence-electron chi connectivity index (χ3n) is 4.26. The lowest BCUT2D eigenvalue weighted by molar-refractivity contribution is -0.121. The molecule has 0 spiro atoms. The van der Waals surface area contributed by atoms with Gasteiger partial charge < -0.3 is 14.6 Å². The molecule has 2 amide bonds. The van der Waals surface area contributed by atoms with Gasteiger partial charge in [0.1, 0.15) is 11.4 Å². The molecule has 0 saturated carbocycles. The van der Waals surface area contributed by atoms with Crippen LogP contribution in [-0.4, -0.2) is 34.8 Å². The molecule has 6 nitrogen and oxygen atoms in total. The summed E-state index contributed by atoms with van der Waals surface area (Å²) >= 11 is 5.82. The second kappa shape index (κ2) is 7.05. The molecule has 24 heavy (non-hydrogen) atoms. The van der Waals surface area contributed by atoms with E-state index in [2.05, 4.69) is 10.3 Å². The van der Waals surface area contributed by atoms with Crippen LogP contribution in [0.15, 0.2) is 35.3 Å². The van der Waals surface area contributed by atoms with Crippen LogP contribution in [0, 0.1) is 12.8 Å². The van der Waals surface area contributed by atoms with Gasteiger partial charge in [0, 0.05) is 19.0 Å². The largest absolute Gasteiger partial charge is 0.472 e. The summed E-state index contributed by atoms with van der Waals surface area (Å²) in [5, 5.41) is 3.30. The zero-order valence-electron chi connectivity index (χ0n) is 13.3. The minimum atomic E-state index is -0.117. The van der Waals surface area contributed by atoms with Gasteiger partial charge in [0.25, 0.3) is 5.91 Å². The molecule has 0 radical (unpaired) electrons. The highest BCUT2D eigenvalue weighted by Gasteiger charge is 2.28. The number of piperidine rings is 1. The Morgan fingerprint density at radius 2 is 2.12 bits per heavy atom. The van der Waals surface area contributed by atoms with Gasteiger partial charge in [-0.1, -0.05) is 11.6 Å². The van der Waals surface area contributed by atoms with Crippen LogP contribution in [0.5, 0.6) is 0 Å². The van der Waals surface area contributed by atoms with E-state index in [-0.39, 0.29) is 17.7 Å². The van der Waals surface area contributed by atoms with E-state index in [0.717, 1.165) is 5.56 Å². The van der Waals surface area contributed by atoms with Crippen molar-refractivity contribution in [3.63, 3.8) is 0 Å². The smallest absolute Gasteiger partial charge is 0.257 e. The molecule has 1 N–H and O–H groups in total. The van der Waals surface area contributed by atoms with Crippen LogP contribution in [0.1, 0.15) is 28.8 Å². The first-order valence-corrected chi connectivity index (χ1v) is 8.17. The zero-order chi connectivity index (χ0) is 17.1. The van der Waals surface area contributed by atoms with Crippen LogP contribution in [0.4, 0.5) is 5.69 Å². The molecule has 7 heteroatoms. The Kier molecular flexibility index (Phi) is 4.85. The quantitative estimate of drug-likeness (QED) is 0.865. The summed E-state index contributed by atoms with van der Waals surface area (Å²) in [6, 6.07) is 3.36. The van der Waals surface area contributed by atoms with E-state index in [4.69, 9.17) is 16.0 Å². The Morgan fingerprint density at radius 1 is 1.38 bits per heavy atom. The molecule has 0 atom stereocenters. The summed E-state index contributed by atoms with van der Waals surface area (Å²) in [5.74, 6) is -0.216. The van der Waals surface area contributed by atoms with Gasteiger partial charge >= 0.3 is 0 Å². The molecule has 0 unspecified atom stereocenters. The van der Waals surface area contributed by atoms with Crippen molar-refractivity contribution in [2.45, 2.75) is 19.8 Å². The highest BCUT2D eigenvalue weighted by molar-refractivity contribution is 6.29. The number of likely N-dealkylation sites (tertiary alicyclic amines) is 1. The first kappa shape index (κ1) is 16.5. The number of aromatic nitrogens is 1. The van der Waals surface area contributed by atoms with Crippen LogP contribution in [-0.2, 0) is 4.79 Å². The van der Waals surface area contributed by atoms with Gasteiger partial charge in [0.2, 0.25) is 5.91 Å². The Morgan fingerprint density at radius 3 is 2.75 bits per heavy atom. The van der Waals surface area contributed by atoms with E-state index in [1.165, 1.54) is 12.5 Å². The summed E-state index contributed by atoms with van der Waals surface area (Å²) < 4.78 is 4.94. The third kappa shape index (κ3) is 3.59. The number of furan rings is 1. The van der Waals surface area contributed by atoms with Crippen LogP contribution < -0.4 is 5.32 Å². The number of anilines is 1. The van der Waals surface area contributed by atoms with E-state index < -0.39 is 0 Å². The monoisotopic (exact) mass is 347 g/mol. The number of carbonyl (C=O) groups is 2. The molecule has 2 aromatic rings. The van der Waals surface area contributed by atoms with Crippen molar-refractivity contribution < 1.29 is 14.0 Å². The number of hydrogen-bond acceptors (Lipinski definition) is 4. The molecule has 1 saturated heterocycles. The van der Waals surface area contributed by atoms with Crippen molar-refractivity contribution in [3.8, 4) is 0 Å². The highest BCUT2D eigenvalue weighted by atomic mass is 35.5. The number of nitrogens with zero attached hydrogens (tertiary/aromatic N) is 2. The molecule has 0 aromatic carbocycles. The summed E-state index contributed by atoms with van der Waals surface area (Å²) in [7, 11) is 0. The Hall–Kier alpha value is -2.34. The van der Waals surface area contributed by atoms with Crippen molar-refractivity contribution >= 4 is 29.1 Å². The fourth-order valence-corrected chi connectivity index (χ4v) is 3.01. The Labute approximate surface area is 144 Å². The molecule has 1 aliphatic heterocycles. The normalized spacial score (nSPS) is 15.3. The van der Waals surface area contributed by atoms with Gasteiger partial charge in [0.05, 0.1) is 23.7 Å². The molecule has 1 aliphatic rings. The van der Waals surface area contributed by atoms with Gasteiger partial charge in [0.15, 0.2) is 0 Å². The minimum absolute atomic E-state index is 0.0439. The van der Waals surface area contributed by atoms with E-state index in [1.807, 2.05) is 6.92 Å². The SMILES string of the molecule is Cc1cc(Cl)ncc1NC(=O)C1CCN(C(=O)c2ccoc2)CC1. The van der Waals surface area contributed by atoms with E-state index >= 15 is 0 Å². The fourth-order valence-electron chi connectivity index (χ4n) is 2.80. The molecule has 2 aromatic heterocycles. The van der Waals surface area contributed by atoms with E-state index in [0.29, 0.717) is 42.3 Å². The summed E-state index contributed by atoms with van der Waals surface area (Å²) in [6.45, 7) is 2.98. The molecule has 3 heterocycles. The predicted octanol–water partition coefficient (Wildman–Crippen LogP) is 3.13. The van der Waals surface area contributed by atoms with Gasteiger partial charge in [-0.2, -0.15) is 0 Å². The van der Waals surface area contributed by atoms with Crippen molar-refractivity contribution in [1.82, 2.24) is 9.88 Å². The van der Waals surface area contributed by atoms with Gasteiger partial charge in [-0.15, -0.1) is 0 Å². The molecular formula is C17H18ClN3O3. The first-order valence-electron chi connectivity index (χ1n) is 7.79. The lowest BCUT2D eigenvalue weighted by atomic mass is 9.95. The number of pyridine rings is 1. The highest BCUT2D eigenvalue weighted by Crippen LogP contribution is 2.23. The number of amides is 2. The molecular weight excluding hydrogens is 330 g/mol. The van der Waals surface area contributed by atoms with E-state index in [1.54, 1.807) is 23.2 Å². The standard InChI is InChI=1S/C17H18ClN3O3/c1-11-8-15(18)19-9-14(11)20-16(22)12-2-5-21(6-3-12)17(23)13-4-7-24-10-13/h4,7-10,12H,2-3,5-6H2,1H3,(H,20,22). The number of aryl methyl sites for hydroxylation is 1. The second-order valence-corrected chi connectivity index (χ2v) is 6.28. The third-order valence-corrected chi connectivity index (χ3v) is 4.46. The molecule has 3 rings (SSSR count). The molecule has 1 fully saturated rings. The molecule has 126 valence electrons. The van der Waals surface area contributed by atoms with Gasteiger partial charge in [-0.05, 0) is 37.5 Å². The number of carbonyl (C=O) groups excluding carboxylic acids is 2. The number of hydrogen-bond donors (Lipinski definition) is 1. The minimum Gasteiger partial charge on any atom is -0.472 e. The molecule has 0 bridgehead atoms. The average molecular weight is 348 g/mol. The summed E-state index contributed by atoms with van der Waals surface area (Å²) in [6.07, 6.45) is 5.76. The van der Waals surface area contributed by atoms with Crippen LogP contribution in [0.25, 0.3) is 0 Å². The topological polar surface area (TPSA) is 75.4 Å². The van der Waals surface area contributed by atoms with Crippen LogP contribution in [0.2, 0.25) is 5.15 Å². The van der Waals surface area contributed by atoms with Crippen molar-refractivity contribution in [3.05, 3.63) is 47.1 Å². The molecule has 0 aliphatic carbocycles. The lowest BCUT2D eigenvalue weighted by Gasteiger charge is -2.31. The maximum atomic E-state index is 12.4. The van der Waals surface area contributed by atoms with Crippen LogP contribution in [0.3, 0.4) is 0 Å². The number of halogens is 1. The van der Waals surface area contributed by atoms with Crippen molar-refractivity contribution in [2.75, 3.05) is 18.4 Å². The fraction of sp³-hybridized carbons (Fsp3) is 0.353. The average Bonchev–Trinajstić information content (AvgIpc) is 3.11. The second-order valence-electron chi connectivity index (χ2n) is 5.89. The predicted molar refractivity (Wildman–Crippen MR) is 89.9 cm³/mol. The van der Waals surface area contributed by atoms with Crippen molar-refractivity contribution in [2.24, 2.45) is 5.92 Å². The Bertz CT molecular complexity index is 738.